The van der Waals surface area contributed by atoms with Crippen molar-refractivity contribution in [1.82, 2.24) is 25.1 Å². The van der Waals surface area contributed by atoms with Crippen LogP contribution in [0, 0.1) is 0 Å². The minimum absolute atomic E-state index is 0.0180. The molecule has 1 N–H and O–H groups in total. The molecule has 2 amide bonds. The second kappa shape index (κ2) is 8.25. The second-order valence-corrected chi connectivity index (χ2v) is 6.29. The van der Waals surface area contributed by atoms with Crippen molar-refractivity contribution >= 4 is 12.0 Å². The highest BCUT2D eigenvalue weighted by atomic mass is 16.5. The summed E-state index contributed by atoms with van der Waals surface area (Å²) in [5.74, 6) is 0.734. The van der Waals surface area contributed by atoms with Gasteiger partial charge in [-0.15, -0.1) is 0 Å². The summed E-state index contributed by atoms with van der Waals surface area (Å²) in [6, 6.07) is 1.96. The molecular weight excluding hydrogens is 308 g/mol. The fourth-order valence-electron chi connectivity index (χ4n) is 3.08. The highest BCUT2D eigenvalue weighted by Crippen LogP contribution is 2.10. The maximum absolute atomic E-state index is 12.4. The van der Waals surface area contributed by atoms with Gasteiger partial charge in [0.15, 0.2) is 0 Å². The number of hydrogen-bond donors (Lipinski definition) is 1. The molecule has 0 radical (unpaired) electrons. The molecule has 0 unspecified atom stereocenters. The van der Waals surface area contributed by atoms with Gasteiger partial charge in [0.1, 0.15) is 0 Å². The minimum Gasteiger partial charge on any atom is -0.379 e. The van der Waals surface area contributed by atoms with Crippen molar-refractivity contribution in [2.45, 2.75) is 13.0 Å². The van der Waals surface area contributed by atoms with E-state index in [4.69, 9.17) is 4.74 Å². The van der Waals surface area contributed by atoms with Crippen LogP contribution in [0.3, 0.4) is 0 Å². The molecule has 3 heterocycles. The predicted molar refractivity (Wildman–Crippen MR) is 91.1 cm³/mol. The molecule has 1 aromatic heterocycles. The number of urea groups is 1. The van der Waals surface area contributed by atoms with Crippen molar-refractivity contribution in [3.05, 3.63) is 18.5 Å². The lowest BCUT2D eigenvalue weighted by Crippen LogP contribution is -2.55. The third kappa shape index (κ3) is 4.55. The van der Waals surface area contributed by atoms with E-state index in [2.05, 4.69) is 32.0 Å². The first-order valence-electron chi connectivity index (χ1n) is 8.60. The van der Waals surface area contributed by atoms with Crippen molar-refractivity contribution in [2.75, 3.05) is 63.9 Å². The number of morpholine rings is 1. The van der Waals surface area contributed by atoms with E-state index >= 15 is 0 Å². The average Bonchev–Trinajstić information content (AvgIpc) is 2.63. The Kier molecular flexibility index (Phi) is 5.81. The van der Waals surface area contributed by atoms with Crippen LogP contribution in [0.1, 0.15) is 6.92 Å². The van der Waals surface area contributed by atoms with E-state index in [-0.39, 0.29) is 12.1 Å². The first-order chi connectivity index (χ1) is 11.7. The average molecular weight is 334 g/mol. The van der Waals surface area contributed by atoms with Crippen LogP contribution >= 0.6 is 0 Å². The SMILES string of the molecule is C[C@H](CN1CCOCC1)NC(=O)N1CCN(c2ncccn2)CC1. The van der Waals surface area contributed by atoms with Crippen LogP contribution in [0.2, 0.25) is 0 Å². The van der Waals surface area contributed by atoms with Crippen molar-refractivity contribution in [1.29, 1.82) is 0 Å². The molecule has 0 saturated carbocycles. The van der Waals surface area contributed by atoms with Crippen molar-refractivity contribution in [3.63, 3.8) is 0 Å². The topological polar surface area (TPSA) is 73.8 Å². The van der Waals surface area contributed by atoms with Gasteiger partial charge in [0.2, 0.25) is 5.95 Å². The van der Waals surface area contributed by atoms with Gasteiger partial charge in [-0.25, -0.2) is 14.8 Å². The lowest BCUT2D eigenvalue weighted by atomic mass is 10.3. The highest BCUT2D eigenvalue weighted by Gasteiger charge is 2.24. The smallest absolute Gasteiger partial charge is 0.317 e. The third-order valence-electron chi connectivity index (χ3n) is 4.41. The van der Waals surface area contributed by atoms with Crippen LogP contribution in [0.5, 0.6) is 0 Å². The standard InChI is InChI=1S/C16H26N6O2/c1-14(13-20-9-11-24-12-10-20)19-16(23)22-7-5-21(6-8-22)15-17-3-2-4-18-15/h2-4,14H,5-13H2,1H3,(H,19,23)/t14-/m1/s1. The highest BCUT2D eigenvalue weighted by molar-refractivity contribution is 5.74. The number of anilines is 1. The fraction of sp³-hybridized carbons (Fsp3) is 0.688. The van der Waals surface area contributed by atoms with Gasteiger partial charge in [-0.05, 0) is 13.0 Å². The van der Waals surface area contributed by atoms with E-state index in [1.807, 2.05) is 11.0 Å². The quantitative estimate of drug-likeness (QED) is 0.837. The largest absolute Gasteiger partial charge is 0.379 e. The fourth-order valence-corrected chi connectivity index (χ4v) is 3.08. The van der Waals surface area contributed by atoms with Crippen LogP contribution in [0.25, 0.3) is 0 Å². The number of aromatic nitrogens is 2. The summed E-state index contributed by atoms with van der Waals surface area (Å²) in [6.07, 6.45) is 3.49. The maximum Gasteiger partial charge on any atom is 0.317 e. The zero-order chi connectivity index (χ0) is 16.8. The van der Waals surface area contributed by atoms with Gasteiger partial charge in [0.05, 0.1) is 13.2 Å². The van der Waals surface area contributed by atoms with Crippen LogP contribution in [0.4, 0.5) is 10.7 Å². The normalized spacial score (nSPS) is 20.7. The molecule has 1 atom stereocenters. The number of carbonyl (C=O) groups is 1. The number of ether oxygens (including phenoxy) is 1. The maximum atomic E-state index is 12.4. The van der Waals surface area contributed by atoms with Gasteiger partial charge < -0.3 is 19.9 Å². The summed E-state index contributed by atoms with van der Waals surface area (Å²) in [7, 11) is 0. The Balaban J connectivity index is 1.41. The molecule has 1 aromatic rings. The molecular formula is C16H26N6O2. The lowest BCUT2D eigenvalue weighted by Gasteiger charge is -2.36. The van der Waals surface area contributed by atoms with E-state index in [9.17, 15) is 4.79 Å². The third-order valence-corrected chi connectivity index (χ3v) is 4.41. The van der Waals surface area contributed by atoms with Gasteiger partial charge in [-0.1, -0.05) is 0 Å². The van der Waals surface area contributed by atoms with Crippen molar-refractivity contribution in [2.24, 2.45) is 0 Å². The van der Waals surface area contributed by atoms with Crippen LogP contribution in [-0.2, 0) is 4.74 Å². The first-order valence-corrected chi connectivity index (χ1v) is 8.60. The number of amides is 2. The van der Waals surface area contributed by atoms with Gasteiger partial charge in [0, 0.05) is 64.2 Å². The van der Waals surface area contributed by atoms with Gasteiger partial charge in [0.25, 0.3) is 0 Å². The first kappa shape index (κ1) is 16.9. The lowest BCUT2D eigenvalue weighted by molar-refractivity contribution is 0.0346. The Morgan fingerprint density at radius 1 is 1.17 bits per heavy atom. The number of nitrogens with zero attached hydrogens (tertiary/aromatic N) is 5. The number of hydrogen-bond acceptors (Lipinski definition) is 6. The molecule has 3 rings (SSSR count). The zero-order valence-electron chi connectivity index (χ0n) is 14.2. The molecule has 8 heteroatoms. The van der Waals surface area contributed by atoms with Crippen molar-refractivity contribution < 1.29 is 9.53 Å². The van der Waals surface area contributed by atoms with Crippen LogP contribution < -0.4 is 10.2 Å². The number of piperazine rings is 1. The monoisotopic (exact) mass is 334 g/mol. The van der Waals surface area contributed by atoms with Crippen LogP contribution in [-0.4, -0.2) is 90.9 Å². The Bertz CT molecular complexity index is 515. The van der Waals surface area contributed by atoms with Gasteiger partial charge in [-0.3, -0.25) is 4.90 Å². The molecule has 2 saturated heterocycles. The molecule has 132 valence electrons. The zero-order valence-corrected chi connectivity index (χ0v) is 14.2. The number of carbonyl (C=O) groups excluding carboxylic acids is 1. The van der Waals surface area contributed by atoms with Crippen LogP contribution in [0.15, 0.2) is 18.5 Å². The molecule has 2 fully saturated rings. The molecule has 24 heavy (non-hydrogen) atoms. The molecule has 8 nitrogen and oxygen atoms in total. The summed E-state index contributed by atoms with van der Waals surface area (Å²) in [4.78, 5) is 27.3. The Morgan fingerprint density at radius 2 is 1.83 bits per heavy atom. The molecule has 2 aliphatic heterocycles. The number of rotatable bonds is 4. The van der Waals surface area contributed by atoms with Crippen molar-refractivity contribution in [3.8, 4) is 0 Å². The van der Waals surface area contributed by atoms with E-state index in [1.165, 1.54) is 0 Å². The van der Waals surface area contributed by atoms with Gasteiger partial charge in [-0.2, -0.15) is 0 Å². The molecule has 0 aliphatic carbocycles. The summed E-state index contributed by atoms with van der Waals surface area (Å²) in [5, 5.41) is 3.11. The van der Waals surface area contributed by atoms with Gasteiger partial charge >= 0.3 is 6.03 Å². The predicted octanol–water partition coefficient (Wildman–Crippen LogP) is 0.0289. The summed E-state index contributed by atoms with van der Waals surface area (Å²) in [6.45, 7) is 9.27. The number of nitrogens with one attached hydrogen (secondary N) is 1. The van der Waals surface area contributed by atoms with E-state index in [0.717, 1.165) is 51.9 Å². The van der Waals surface area contributed by atoms with E-state index in [1.54, 1.807) is 12.4 Å². The van der Waals surface area contributed by atoms with E-state index < -0.39 is 0 Å². The molecule has 0 bridgehead atoms. The Morgan fingerprint density at radius 3 is 2.50 bits per heavy atom. The minimum atomic E-state index is 0.0180. The Labute approximate surface area is 142 Å². The molecule has 0 aromatic carbocycles. The molecule has 2 aliphatic rings. The summed E-state index contributed by atoms with van der Waals surface area (Å²) >= 11 is 0. The van der Waals surface area contributed by atoms with E-state index in [0.29, 0.717) is 13.1 Å². The second-order valence-electron chi connectivity index (χ2n) is 6.29. The Hall–Kier alpha value is -1.93. The summed E-state index contributed by atoms with van der Waals surface area (Å²) in [5.41, 5.74) is 0. The molecule has 0 spiro atoms. The summed E-state index contributed by atoms with van der Waals surface area (Å²) < 4.78 is 5.35.